The number of amides is 2. The van der Waals surface area contributed by atoms with Crippen molar-refractivity contribution < 1.29 is 9.59 Å². The van der Waals surface area contributed by atoms with E-state index in [9.17, 15) is 9.59 Å². The molecule has 2 aliphatic rings. The molecule has 0 radical (unpaired) electrons. The molecule has 2 aromatic carbocycles. The number of aromatic nitrogens is 8. The Morgan fingerprint density at radius 3 is 1.36 bits per heavy atom. The summed E-state index contributed by atoms with van der Waals surface area (Å²) in [5.74, 6) is 2.55. The molecule has 0 aliphatic carbocycles. The summed E-state index contributed by atoms with van der Waals surface area (Å²) in [6, 6.07) is 19.5. The van der Waals surface area contributed by atoms with Gasteiger partial charge in [0.05, 0.1) is 48.7 Å². The van der Waals surface area contributed by atoms with E-state index in [1.807, 2.05) is 70.5 Å². The second-order valence-electron chi connectivity index (χ2n) is 12.8. The van der Waals surface area contributed by atoms with Crippen LogP contribution in [0.5, 0.6) is 0 Å². The van der Waals surface area contributed by atoms with Gasteiger partial charge in [0.1, 0.15) is 11.6 Å². The highest BCUT2D eigenvalue weighted by Crippen LogP contribution is 2.33. The zero-order chi connectivity index (χ0) is 33.9. The van der Waals surface area contributed by atoms with Crippen LogP contribution in [0, 0.1) is 0 Å². The Kier molecular flexibility index (Phi) is 8.64. The van der Waals surface area contributed by atoms with Crippen LogP contribution in [0.15, 0.2) is 97.8 Å². The van der Waals surface area contributed by atoms with Crippen LogP contribution in [-0.2, 0) is 22.4 Å². The van der Waals surface area contributed by atoms with Crippen molar-refractivity contribution in [1.82, 2.24) is 49.7 Å². The summed E-state index contributed by atoms with van der Waals surface area (Å²) in [5, 5.41) is 0. The van der Waals surface area contributed by atoms with Crippen LogP contribution in [0.1, 0.15) is 60.5 Å². The first-order chi connectivity index (χ1) is 24.6. The summed E-state index contributed by atoms with van der Waals surface area (Å²) < 4.78 is 0. The summed E-state index contributed by atoms with van der Waals surface area (Å²) in [6.45, 7) is 1.44. The average molecular weight is 665 g/mol. The first kappa shape index (κ1) is 31.2. The lowest BCUT2D eigenvalue weighted by Crippen LogP contribution is -2.32. The largest absolute Gasteiger partial charge is 0.340 e. The second-order valence-corrected chi connectivity index (χ2v) is 12.8. The normalized spacial score (nSPS) is 17.4. The molecule has 6 aromatic rings. The van der Waals surface area contributed by atoms with E-state index in [1.165, 1.54) is 0 Å². The molecule has 2 fully saturated rings. The van der Waals surface area contributed by atoms with Crippen molar-refractivity contribution in [1.29, 1.82) is 0 Å². The van der Waals surface area contributed by atoms with Crippen LogP contribution in [0.4, 0.5) is 0 Å². The fourth-order valence-electron chi connectivity index (χ4n) is 6.91. The van der Waals surface area contributed by atoms with Gasteiger partial charge in [-0.1, -0.05) is 60.7 Å². The predicted octanol–water partition coefficient (Wildman–Crippen LogP) is 5.53. The van der Waals surface area contributed by atoms with Crippen LogP contribution >= 0.6 is 0 Å². The van der Waals surface area contributed by atoms with E-state index in [2.05, 4.69) is 39.9 Å². The smallest absolute Gasteiger partial charge is 0.227 e. The molecule has 2 saturated heterocycles. The maximum absolute atomic E-state index is 13.1. The quantitative estimate of drug-likeness (QED) is 0.205. The van der Waals surface area contributed by atoms with Crippen LogP contribution in [0.25, 0.3) is 34.2 Å². The molecule has 8 rings (SSSR count). The van der Waals surface area contributed by atoms with E-state index in [0.717, 1.165) is 84.1 Å². The summed E-state index contributed by atoms with van der Waals surface area (Å²) in [5.41, 5.74) is 5.13. The number of likely N-dealkylation sites (tertiary alicyclic amines) is 2. The van der Waals surface area contributed by atoms with Crippen LogP contribution in [0.2, 0.25) is 0 Å². The minimum Gasteiger partial charge on any atom is -0.340 e. The number of H-pyrrole nitrogens is 2. The standard InChI is InChI=1S/C38H36N10O2/c49-33(17-25-9-3-1-4-10-25)47-15-7-13-31(47)35-43-23-29(45-35)27-19-39-37(40-20-27)38-41-21-28(22-42-38)30-24-44-36(46-30)32-14-8-16-48(32)34(50)18-26-11-5-2-6-12-26/h1-6,9-12,19-24,31-32H,7-8,13-18H2,(H,43,45)(H,44,46)/t31-,32?/m0/s1. The Morgan fingerprint density at radius 1 is 0.560 bits per heavy atom. The van der Waals surface area contributed by atoms with E-state index in [0.29, 0.717) is 24.5 Å². The van der Waals surface area contributed by atoms with E-state index in [4.69, 9.17) is 0 Å². The zero-order valence-electron chi connectivity index (χ0n) is 27.4. The van der Waals surface area contributed by atoms with Gasteiger partial charge in [0.15, 0.2) is 11.6 Å². The third-order valence-corrected chi connectivity index (χ3v) is 9.49. The average Bonchev–Trinajstić information content (AvgIpc) is 3.99. The molecule has 0 bridgehead atoms. The highest BCUT2D eigenvalue weighted by Gasteiger charge is 2.33. The topological polar surface area (TPSA) is 150 Å². The van der Waals surface area contributed by atoms with E-state index in [1.54, 1.807) is 37.2 Å². The highest BCUT2D eigenvalue weighted by molar-refractivity contribution is 5.80. The van der Waals surface area contributed by atoms with Crippen LogP contribution in [0.3, 0.4) is 0 Å². The highest BCUT2D eigenvalue weighted by atomic mass is 16.2. The molecular formula is C38H36N10O2. The molecule has 50 heavy (non-hydrogen) atoms. The molecule has 12 nitrogen and oxygen atoms in total. The molecule has 12 heteroatoms. The summed E-state index contributed by atoms with van der Waals surface area (Å²) in [6.07, 6.45) is 14.8. The van der Waals surface area contributed by atoms with Crippen molar-refractivity contribution in [2.24, 2.45) is 0 Å². The Balaban J connectivity index is 0.910. The number of benzene rings is 2. The molecule has 2 atom stereocenters. The van der Waals surface area contributed by atoms with Crippen molar-refractivity contribution in [3.05, 3.63) is 121 Å². The SMILES string of the molecule is O=C(Cc1ccccc1)N1CCCC1c1ncc(-c2cnc(-c3ncc(-c4cnc([C@@H]5CCCN5C(=O)Cc5ccccc5)[nH]4)cn3)nc2)[nH]1. The number of hydrogen-bond acceptors (Lipinski definition) is 8. The molecule has 250 valence electrons. The van der Waals surface area contributed by atoms with Gasteiger partial charge in [-0.25, -0.2) is 29.9 Å². The van der Waals surface area contributed by atoms with E-state index >= 15 is 0 Å². The second kappa shape index (κ2) is 13.8. The molecule has 2 aliphatic heterocycles. The monoisotopic (exact) mass is 664 g/mol. The lowest BCUT2D eigenvalue weighted by molar-refractivity contribution is -0.132. The lowest BCUT2D eigenvalue weighted by Gasteiger charge is -2.23. The minimum atomic E-state index is -0.0859. The molecule has 2 N–H and O–H groups in total. The molecule has 6 heterocycles. The van der Waals surface area contributed by atoms with Gasteiger partial charge < -0.3 is 19.8 Å². The zero-order valence-corrected chi connectivity index (χ0v) is 27.4. The number of rotatable bonds is 9. The number of imidazole rings is 2. The van der Waals surface area contributed by atoms with Gasteiger partial charge in [0.2, 0.25) is 11.8 Å². The number of aromatic amines is 2. The van der Waals surface area contributed by atoms with Crippen molar-refractivity contribution in [3.8, 4) is 34.2 Å². The first-order valence-corrected chi connectivity index (χ1v) is 17.0. The number of hydrogen-bond donors (Lipinski definition) is 2. The van der Waals surface area contributed by atoms with E-state index in [-0.39, 0.29) is 23.9 Å². The third kappa shape index (κ3) is 6.51. The summed E-state index contributed by atoms with van der Waals surface area (Å²) in [7, 11) is 0. The van der Waals surface area contributed by atoms with Crippen molar-refractivity contribution in [3.63, 3.8) is 0 Å². The fraction of sp³-hybridized carbons (Fsp3) is 0.263. The van der Waals surface area contributed by atoms with Gasteiger partial charge in [-0.05, 0) is 36.8 Å². The molecule has 4 aromatic heterocycles. The Labute approximate surface area is 289 Å². The van der Waals surface area contributed by atoms with Gasteiger partial charge in [-0.3, -0.25) is 9.59 Å². The van der Waals surface area contributed by atoms with Gasteiger partial charge in [0, 0.05) is 49.0 Å². The van der Waals surface area contributed by atoms with Gasteiger partial charge >= 0.3 is 0 Å². The predicted molar refractivity (Wildman–Crippen MR) is 186 cm³/mol. The number of carbonyl (C=O) groups is 2. The van der Waals surface area contributed by atoms with Crippen LogP contribution in [-0.4, -0.2) is 74.6 Å². The first-order valence-electron chi connectivity index (χ1n) is 17.0. The maximum Gasteiger partial charge on any atom is 0.227 e. The summed E-state index contributed by atoms with van der Waals surface area (Å²) >= 11 is 0. The molecule has 0 saturated carbocycles. The fourth-order valence-corrected chi connectivity index (χ4v) is 6.91. The van der Waals surface area contributed by atoms with Gasteiger partial charge in [0.25, 0.3) is 0 Å². The number of nitrogens with one attached hydrogen (secondary N) is 2. The van der Waals surface area contributed by atoms with Gasteiger partial charge in [-0.2, -0.15) is 0 Å². The van der Waals surface area contributed by atoms with E-state index < -0.39 is 0 Å². The van der Waals surface area contributed by atoms with Crippen LogP contribution < -0.4 is 0 Å². The maximum atomic E-state index is 13.1. The number of carbonyl (C=O) groups excluding carboxylic acids is 2. The number of nitrogens with zero attached hydrogens (tertiary/aromatic N) is 8. The Morgan fingerprint density at radius 2 is 0.960 bits per heavy atom. The minimum absolute atomic E-state index is 0.0859. The Bertz CT molecular complexity index is 1930. The lowest BCUT2D eigenvalue weighted by atomic mass is 10.1. The Hall–Kier alpha value is -6.04. The molecule has 2 amide bonds. The van der Waals surface area contributed by atoms with Crippen molar-refractivity contribution in [2.75, 3.05) is 13.1 Å². The van der Waals surface area contributed by atoms with Crippen molar-refractivity contribution in [2.45, 2.75) is 50.6 Å². The van der Waals surface area contributed by atoms with Crippen molar-refractivity contribution >= 4 is 11.8 Å². The molecular weight excluding hydrogens is 628 g/mol. The molecule has 0 spiro atoms. The van der Waals surface area contributed by atoms with Gasteiger partial charge in [-0.15, -0.1) is 0 Å². The summed E-state index contributed by atoms with van der Waals surface area (Å²) in [4.78, 5) is 64.3. The third-order valence-electron chi connectivity index (χ3n) is 9.49. The molecule has 1 unspecified atom stereocenters.